The Morgan fingerprint density at radius 3 is 2.59 bits per heavy atom. The van der Waals surface area contributed by atoms with Gasteiger partial charge >= 0.3 is 0 Å². The number of hydrogen-bond acceptors (Lipinski definition) is 6. The van der Waals surface area contributed by atoms with Gasteiger partial charge in [0, 0.05) is 5.69 Å². The maximum absolute atomic E-state index is 12.2. The van der Waals surface area contributed by atoms with Gasteiger partial charge in [-0.25, -0.2) is 0 Å². The molecule has 3 aromatic rings. The van der Waals surface area contributed by atoms with Crippen molar-refractivity contribution >= 4 is 23.4 Å². The van der Waals surface area contributed by atoms with Crippen LogP contribution >= 0.6 is 11.8 Å². The second-order valence-corrected chi connectivity index (χ2v) is 8.66. The Labute approximate surface area is 175 Å². The van der Waals surface area contributed by atoms with Crippen LogP contribution in [-0.2, 0) is 16.8 Å². The summed E-state index contributed by atoms with van der Waals surface area (Å²) in [6.07, 6.45) is 0. The van der Waals surface area contributed by atoms with Crippen LogP contribution in [0.25, 0.3) is 0 Å². The molecule has 0 radical (unpaired) electrons. The maximum Gasteiger partial charge on any atom is 0.277 e. The van der Waals surface area contributed by atoms with Crippen molar-refractivity contribution in [2.24, 2.45) is 0 Å². The van der Waals surface area contributed by atoms with Crippen LogP contribution in [0.1, 0.15) is 37.8 Å². The number of carbonyl (C=O) groups is 1. The molecule has 0 spiro atoms. The van der Waals surface area contributed by atoms with Crippen LogP contribution in [0.15, 0.2) is 58.2 Å². The van der Waals surface area contributed by atoms with Crippen molar-refractivity contribution in [2.75, 3.05) is 11.1 Å². The zero-order chi connectivity index (χ0) is 20.9. The maximum atomic E-state index is 12.2. The number of thioether (sulfide) groups is 1. The highest BCUT2D eigenvalue weighted by molar-refractivity contribution is 7.99. The third-order valence-corrected chi connectivity index (χ3v) is 4.98. The van der Waals surface area contributed by atoms with Crippen molar-refractivity contribution in [3.05, 3.63) is 65.5 Å². The summed E-state index contributed by atoms with van der Waals surface area (Å²) in [5.74, 6) is 1.16. The zero-order valence-electron chi connectivity index (χ0n) is 17.1. The molecule has 3 rings (SSSR count). The molecule has 7 heteroatoms. The molecule has 0 unspecified atom stereocenters. The molecule has 0 saturated heterocycles. The number of aromatic nitrogens is 2. The number of aryl methyl sites for hydroxylation is 1. The number of carbonyl (C=O) groups excluding carboxylic acids is 1. The molecular weight excluding hydrogens is 386 g/mol. The fraction of sp³-hybridized carbons (Fsp3) is 0.318. The van der Waals surface area contributed by atoms with Gasteiger partial charge in [0.2, 0.25) is 5.91 Å². The summed E-state index contributed by atoms with van der Waals surface area (Å²) < 4.78 is 11.2. The largest absolute Gasteiger partial charge is 0.484 e. The minimum Gasteiger partial charge on any atom is -0.484 e. The molecule has 1 heterocycles. The van der Waals surface area contributed by atoms with Gasteiger partial charge in [0.15, 0.2) is 6.61 Å². The molecule has 0 saturated carbocycles. The standard InChI is InChI=1S/C22H25N3O3S/c1-15-6-5-7-18(12-15)27-13-20-24-25-21(28-20)29-14-19(26)23-17-10-8-16(9-11-17)22(2,3)4/h5-12H,13-14H2,1-4H3,(H,23,26). The van der Waals surface area contributed by atoms with Crippen molar-refractivity contribution in [2.45, 2.75) is 44.9 Å². The lowest BCUT2D eigenvalue weighted by Crippen LogP contribution is -2.15. The van der Waals surface area contributed by atoms with Gasteiger partial charge in [-0.05, 0) is 47.7 Å². The van der Waals surface area contributed by atoms with Crippen LogP contribution < -0.4 is 10.1 Å². The van der Waals surface area contributed by atoms with Gasteiger partial charge in [-0.2, -0.15) is 0 Å². The molecule has 152 valence electrons. The topological polar surface area (TPSA) is 77.2 Å². The van der Waals surface area contributed by atoms with Crippen molar-refractivity contribution < 1.29 is 13.9 Å². The van der Waals surface area contributed by atoms with E-state index in [9.17, 15) is 4.79 Å². The number of nitrogens with zero attached hydrogens (tertiary/aromatic N) is 2. The SMILES string of the molecule is Cc1cccc(OCc2nnc(SCC(=O)Nc3ccc(C(C)(C)C)cc3)o2)c1. The summed E-state index contributed by atoms with van der Waals surface area (Å²) in [4.78, 5) is 12.2. The van der Waals surface area contributed by atoms with Crippen LogP contribution in [0, 0.1) is 6.92 Å². The van der Waals surface area contributed by atoms with E-state index in [2.05, 4.69) is 36.3 Å². The molecule has 0 aliphatic heterocycles. The van der Waals surface area contributed by atoms with Crippen LogP contribution in [0.3, 0.4) is 0 Å². The minimum atomic E-state index is -0.130. The van der Waals surface area contributed by atoms with E-state index in [0.717, 1.165) is 17.0 Å². The van der Waals surface area contributed by atoms with Gasteiger partial charge in [-0.1, -0.05) is 56.8 Å². The van der Waals surface area contributed by atoms with Crippen molar-refractivity contribution in [3.63, 3.8) is 0 Å². The van der Waals surface area contributed by atoms with Gasteiger partial charge < -0.3 is 14.5 Å². The summed E-state index contributed by atoms with van der Waals surface area (Å²) in [5, 5.41) is 11.1. The number of benzene rings is 2. The fourth-order valence-electron chi connectivity index (χ4n) is 2.58. The van der Waals surface area contributed by atoms with Crippen LogP contribution in [0.5, 0.6) is 5.75 Å². The Kier molecular flexibility index (Phi) is 6.59. The first kappa shape index (κ1) is 20.9. The highest BCUT2D eigenvalue weighted by Crippen LogP contribution is 2.24. The number of ether oxygens (including phenoxy) is 1. The molecule has 6 nitrogen and oxygen atoms in total. The summed E-state index contributed by atoms with van der Waals surface area (Å²) in [6, 6.07) is 15.6. The number of hydrogen-bond donors (Lipinski definition) is 1. The molecule has 0 atom stereocenters. The quantitative estimate of drug-likeness (QED) is 0.552. The van der Waals surface area contributed by atoms with E-state index in [-0.39, 0.29) is 23.7 Å². The molecule has 1 aromatic heterocycles. The van der Waals surface area contributed by atoms with Gasteiger partial charge in [0.05, 0.1) is 5.75 Å². The summed E-state index contributed by atoms with van der Waals surface area (Å²) >= 11 is 1.19. The Morgan fingerprint density at radius 1 is 1.14 bits per heavy atom. The van der Waals surface area contributed by atoms with Crippen molar-refractivity contribution in [3.8, 4) is 5.75 Å². The van der Waals surface area contributed by atoms with E-state index in [0.29, 0.717) is 11.1 Å². The molecule has 0 aliphatic carbocycles. The molecule has 0 bridgehead atoms. The summed E-state index contributed by atoms with van der Waals surface area (Å²) in [5.41, 5.74) is 3.18. The van der Waals surface area contributed by atoms with E-state index in [1.165, 1.54) is 17.3 Å². The van der Waals surface area contributed by atoms with Gasteiger partial charge in [0.1, 0.15) is 5.75 Å². The fourth-order valence-corrected chi connectivity index (χ4v) is 3.16. The second kappa shape index (κ2) is 9.13. The van der Waals surface area contributed by atoms with E-state index in [1.807, 2.05) is 55.5 Å². The van der Waals surface area contributed by atoms with Crippen molar-refractivity contribution in [1.29, 1.82) is 0 Å². The van der Waals surface area contributed by atoms with E-state index in [1.54, 1.807) is 0 Å². The van der Waals surface area contributed by atoms with Gasteiger partial charge in [-0.15, -0.1) is 10.2 Å². The number of amides is 1. The zero-order valence-corrected chi connectivity index (χ0v) is 17.9. The van der Waals surface area contributed by atoms with Crippen LogP contribution in [0.4, 0.5) is 5.69 Å². The number of anilines is 1. The first-order chi connectivity index (χ1) is 13.8. The molecule has 29 heavy (non-hydrogen) atoms. The Hall–Kier alpha value is -2.80. The Balaban J connectivity index is 1.46. The summed E-state index contributed by atoms with van der Waals surface area (Å²) in [7, 11) is 0. The van der Waals surface area contributed by atoms with E-state index < -0.39 is 0 Å². The Bertz CT molecular complexity index is 962. The minimum absolute atomic E-state index is 0.0805. The average molecular weight is 412 g/mol. The molecule has 1 N–H and O–H groups in total. The van der Waals surface area contributed by atoms with Crippen LogP contribution in [-0.4, -0.2) is 21.9 Å². The first-order valence-electron chi connectivity index (χ1n) is 9.35. The lowest BCUT2D eigenvalue weighted by Gasteiger charge is -2.19. The molecule has 2 aromatic carbocycles. The number of nitrogens with one attached hydrogen (secondary N) is 1. The molecule has 1 amide bonds. The normalized spacial score (nSPS) is 11.3. The summed E-state index contributed by atoms with van der Waals surface area (Å²) in [6.45, 7) is 8.65. The van der Waals surface area contributed by atoms with Crippen molar-refractivity contribution in [1.82, 2.24) is 10.2 Å². The predicted octanol–water partition coefficient (Wildman–Crippen LogP) is 4.99. The third-order valence-electron chi connectivity index (χ3n) is 4.16. The lowest BCUT2D eigenvalue weighted by molar-refractivity contribution is -0.113. The smallest absolute Gasteiger partial charge is 0.277 e. The molecular formula is C22H25N3O3S. The Morgan fingerprint density at radius 2 is 1.90 bits per heavy atom. The third kappa shape index (κ3) is 6.35. The monoisotopic (exact) mass is 411 g/mol. The van der Waals surface area contributed by atoms with E-state index >= 15 is 0 Å². The average Bonchev–Trinajstić information content (AvgIpc) is 3.12. The molecule has 0 aliphatic rings. The predicted molar refractivity (Wildman–Crippen MR) is 114 cm³/mol. The number of rotatable bonds is 7. The highest BCUT2D eigenvalue weighted by atomic mass is 32.2. The molecule has 0 fully saturated rings. The van der Waals surface area contributed by atoms with Gasteiger partial charge in [-0.3, -0.25) is 4.79 Å². The first-order valence-corrected chi connectivity index (χ1v) is 10.3. The van der Waals surface area contributed by atoms with Gasteiger partial charge in [0.25, 0.3) is 11.1 Å². The lowest BCUT2D eigenvalue weighted by atomic mass is 9.87. The second-order valence-electron chi connectivity index (χ2n) is 7.73. The van der Waals surface area contributed by atoms with E-state index in [4.69, 9.17) is 9.15 Å². The highest BCUT2D eigenvalue weighted by Gasteiger charge is 2.14. The van der Waals surface area contributed by atoms with Crippen LogP contribution in [0.2, 0.25) is 0 Å².